The van der Waals surface area contributed by atoms with Crippen molar-refractivity contribution >= 4 is 28.5 Å². The van der Waals surface area contributed by atoms with Crippen LogP contribution in [-0.4, -0.2) is 49.5 Å². The van der Waals surface area contributed by atoms with E-state index < -0.39 is 6.04 Å². The van der Waals surface area contributed by atoms with Crippen LogP contribution in [0.3, 0.4) is 0 Å². The topological polar surface area (TPSA) is 63.0 Å². The third kappa shape index (κ3) is 4.00. The molecular formula is C25H27ClN2O4. The first-order valence-corrected chi connectivity index (χ1v) is 11.1. The van der Waals surface area contributed by atoms with Crippen molar-refractivity contribution in [3.8, 4) is 5.75 Å². The van der Waals surface area contributed by atoms with Crippen LogP contribution in [0.5, 0.6) is 5.75 Å². The summed E-state index contributed by atoms with van der Waals surface area (Å²) in [7, 11) is 3.99. The van der Waals surface area contributed by atoms with Crippen LogP contribution < -0.4 is 10.2 Å². The molecule has 2 heterocycles. The summed E-state index contributed by atoms with van der Waals surface area (Å²) in [5.74, 6) is 0.543. The Morgan fingerprint density at radius 3 is 2.69 bits per heavy atom. The number of carbonyl (C=O) groups excluding carboxylic acids is 1. The molecule has 0 radical (unpaired) electrons. The van der Waals surface area contributed by atoms with Gasteiger partial charge in [0.25, 0.3) is 5.91 Å². The predicted molar refractivity (Wildman–Crippen MR) is 126 cm³/mol. The minimum atomic E-state index is -0.541. The van der Waals surface area contributed by atoms with E-state index in [4.69, 9.17) is 20.8 Å². The molecule has 1 amide bonds. The second-order valence-corrected chi connectivity index (χ2v) is 8.74. The van der Waals surface area contributed by atoms with Crippen LogP contribution in [0.2, 0.25) is 5.02 Å². The van der Waals surface area contributed by atoms with Gasteiger partial charge in [0.1, 0.15) is 11.3 Å². The second kappa shape index (κ2) is 8.96. The van der Waals surface area contributed by atoms with Crippen LogP contribution in [0, 0.1) is 6.92 Å². The molecule has 1 unspecified atom stereocenters. The molecular weight excluding hydrogens is 428 g/mol. The van der Waals surface area contributed by atoms with Gasteiger partial charge in [-0.25, -0.2) is 0 Å². The lowest BCUT2D eigenvalue weighted by Crippen LogP contribution is -2.32. The molecule has 0 saturated heterocycles. The fraction of sp³-hybridized carbons (Fsp3) is 0.360. The van der Waals surface area contributed by atoms with Crippen molar-refractivity contribution in [2.24, 2.45) is 0 Å². The average Bonchev–Trinajstić information content (AvgIpc) is 3.02. The van der Waals surface area contributed by atoms with E-state index in [1.165, 1.54) is 0 Å². The highest BCUT2D eigenvalue weighted by atomic mass is 35.5. The third-order valence-corrected chi connectivity index (χ3v) is 6.14. The maximum absolute atomic E-state index is 13.6. The highest BCUT2D eigenvalue weighted by Crippen LogP contribution is 2.39. The van der Waals surface area contributed by atoms with Crippen molar-refractivity contribution in [2.45, 2.75) is 26.3 Å². The Balaban J connectivity index is 1.89. The number of aryl methyl sites for hydroxylation is 1. The predicted octanol–water partition coefficient (Wildman–Crippen LogP) is 4.65. The van der Waals surface area contributed by atoms with Gasteiger partial charge >= 0.3 is 0 Å². The van der Waals surface area contributed by atoms with Gasteiger partial charge in [0.2, 0.25) is 5.76 Å². The summed E-state index contributed by atoms with van der Waals surface area (Å²) in [6, 6.07) is 10.4. The Bertz CT molecular complexity index is 1230. The molecule has 6 nitrogen and oxygen atoms in total. The third-order valence-electron chi connectivity index (χ3n) is 5.74. The van der Waals surface area contributed by atoms with Gasteiger partial charge in [0.05, 0.1) is 23.6 Å². The number of nitrogens with zero attached hydrogens (tertiary/aromatic N) is 2. The van der Waals surface area contributed by atoms with Crippen molar-refractivity contribution in [3.05, 3.63) is 74.1 Å². The smallest absolute Gasteiger partial charge is 0.290 e. The summed E-state index contributed by atoms with van der Waals surface area (Å²) in [6.45, 7) is 5.61. The normalized spacial score (nSPS) is 15.6. The van der Waals surface area contributed by atoms with Gasteiger partial charge in [-0.15, -0.1) is 0 Å². The molecule has 0 saturated carbocycles. The molecule has 0 aliphatic carbocycles. The molecule has 1 atom stereocenters. The van der Waals surface area contributed by atoms with Crippen molar-refractivity contribution in [2.75, 3.05) is 33.8 Å². The molecule has 0 bridgehead atoms. The summed E-state index contributed by atoms with van der Waals surface area (Å²) in [5.41, 5.74) is 2.12. The largest absolute Gasteiger partial charge is 0.494 e. The minimum absolute atomic E-state index is 0.112. The zero-order valence-corrected chi connectivity index (χ0v) is 19.5. The number of hydrogen-bond donors (Lipinski definition) is 0. The van der Waals surface area contributed by atoms with Gasteiger partial charge in [0, 0.05) is 11.6 Å². The van der Waals surface area contributed by atoms with Gasteiger partial charge in [-0.1, -0.05) is 23.7 Å². The Labute approximate surface area is 192 Å². The van der Waals surface area contributed by atoms with Crippen LogP contribution in [-0.2, 0) is 0 Å². The fourth-order valence-electron chi connectivity index (χ4n) is 4.22. The lowest BCUT2D eigenvalue weighted by Gasteiger charge is -2.26. The van der Waals surface area contributed by atoms with Crippen LogP contribution in [0.1, 0.15) is 46.6 Å². The maximum atomic E-state index is 13.6. The van der Waals surface area contributed by atoms with E-state index in [0.29, 0.717) is 40.5 Å². The highest BCUT2D eigenvalue weighted by Gasteiger charge is 2.42. The SMILES string of the molecule is CCOc1cccc(C2c3c(oc4cc(C)c(Cl)cc4c3=O)C(=O)N2CCCN(C)C)c1. The van der Waals surface area contributed by atoms with Crippen molar-refractivity contribution in [1.82, 2.24) is 9.80 Å². The minimum Gasteiger partial charge on any atom is -0.494 e. The van der Waals surface area contributed by atoms with Crippen molar-refractivity contribution < 1.29 is 13.9 Å². The van der Waals surface area contributed by atoms with Crippen molar-refractivity contribution in [1.29, 1.82) is 0 Å². The zero-order chi connectivity index (χ0) is 23.0. The van der Waals surface area contributed by atoms with Crippen LogP contribution >= 0.6 is 11.6 Å². The summed E-state index contributed by atoms with van der Waals surface area (Å²) < 4.78 is 11.7. The summed E-state index contributed by atoms with van der Waals surface area (Å²) in [6.07, 6.45) is 0.771. The van der Waals surface area contributed by atoms with Gasteiger partial charge < -0.3 is 19.0 Å². The van der Waals surface area contributed by atoms with Crippen LogP contribution in [0.25, 0.3) is 11.0 Å². The fourth-order valence-corrected chi connectivity index (χ4v) is 4.38. The van der Waals surface area contributed by atoms with Crippen molar-refractivity contribution in [3.63, 3.8) is 0 Å². The molecule has 168 valence electrons. The highest BCUT2D eigenvalue weighted by molar-refractivity contribution is 6.32. The first-order chi connectivity index (χ1) is 15.3. The summed E-state index contributed by atoms with van der Waals surface area (Å²) in [5, 5.41) is 0.875. The van der Waals surface area contributed by atoms with Gasteiger partial charge in [-0.3, -0.25) is 9.59 Å². The molecule has 32 heavy (non-hydrogen) atoms. The molecule has 0 N–H and O–H groups in total. The van der Waals surface area contributed by atoms with E-state index in [0.717, 1.165) is 24.1 Å². The van der Waals surface area contributed by atoms with Gasteiger partial charge in [-0.2, -0.15) is 0 Å². The molecule has 0 spiro atoms. The number of ether oxygens (including phenoxy) is 1. The first kappa shape index (κ1) is 22.4. The monoisotopic (exact) mass is 454 g/mol. The Hall–Kier alpha value is -2.83. The Kier molecular flexibility index (Phi) is 6.26. The summed E-state index contributed by atoms with van der Waals surface area (Å²) in [4.78, 5) is 30.9. The second-order valence-electron chi connectivity index (χ2n) is 8.33. The van der Waals surface area contributed by atoms with E-state index >= 15 is 0 Å². The molecule has 2 aromatic carbocycles. The first-order valence-electron chi connectivity index (χ1n) is 10.8. The molecule has 1 aromatic heterocycles. The number of carbonyl (C=O) groups is 1. The Morgan fingerprint density at radius 2 is 1.97 bits per heavy atom. The summed E-state index contributed by atoms with van der Waals surface area (Å²) >= 11 is 6.30. The van der Waals surface area contributed by atoms with Crippen LogP contribution in [0.4, 0.5) is 0 Å². The lowest BCUT2D eigenvalue weighted by molar-refractivity contribution is 0.0722. The van der Waals surface area contributed by atoms with E-state index in [9.17, 15) is 9.59 Å². The Morgan fingerprint density at radius 1 is 1.19 bits per heavy atom. The molecule has 0 fully saturated rings. The zero-order valence-electron chi connectivity index (χ0n) is 18.8. The number of hydrogen-bond acceptors (Lipinski definition) is 5. The van der Waals surface area contributed by atoms with E-state index in [2.05, 4.69) is 4.90 Å². The lowest BCUT2D eigenvalue weighted by atomic mass is 9.98. The van der Waals surface area contributed by atoms with E-state index in [-0.39, 0.29) is 17.1 Å². The molecule has 1 aliphatic rings. The van der Waals surface area contributed by atoms with Gasteiger partial charge in [-0.05, 0) is 76.3 Å². The quantitative estimate of drug-likeness (QED) is 0.520. The van der Waals surface area contributed by atoms with Gasteiger partial charge in [0.15, 0.2) is 5.43 Å². The number of benzene rings is 2. The number of halogens is 1. The number of amides is 1. The van der Waals surface area contributed by atoms with E-state index in [1.807, 2.05) is 52.2 Å². The van der Waals surface area contributed by atoms with E-state index in [1.54, 1.807) is 17.0 Å². The molecule has 3 aromatic rings. The molecule has 1 aliphatic heterocycles. The standard InChI is InChI=1S/C25H27ClN2O4/c1-5-31-17-9-6-8-16(13-17)22-21-23(29)18-14-19(26)15(2)12-20(18)32-24(21)25(30)28(22)11-7-10-27(3)4/h6,8-9,12-14,22H,5,7,10-11H2,1-4H3. The number of fused-ring (bicyclic) bond motifs is 2. The molecule has 4 rings (SSSR count). The molecule has 7 heteroatoms. The maximum Gasteiger partial charge on any atom is 0.290 e. The van der Waals surface area contributed by atoms with Crippen LogP contribution in [0.15, 0.2) is 45.6 Å². The number of rotatable bonds is 7. The average molecular weight is 455 g/mol.